The Labute approximate surface area is 152 Å². The molecule has 0 aromatic heterocycles. The van der Waals surface area contributed by atoms with Crippen LogP contribution in [-0.4, -0.2) is 45.5 Å². The summed E-state index contributed by atoms with van der Waals surface area (Å²) in [5, 5.41) is 8.86. The number of urea groups is 1. The minimum Gasteiger partial charge on any atom is -0.493 e. The van der Waals surface area contributed by atoms with E-state index in [0.717, 1.165) is 13.1 Å². The van der Waals surface area contributed by atoms with E-state index in [9.17, 15) is 4.79 Å². The van der Waals surface area contributed by atoms with E-state index in [1.165, 1.54) is 0 Å². The minimum atomic E-state index is -0.310. The van der Waals surface area contributed by atoms with Gasteiger partial charge in [0.2, 0.25) is 0 Å². The average Bonchev–Trinajstić information content (AvgIpc) is 2.69. The lowest BCUT2D eigenvalue weighted by molar-refractivity contribution is 0.0310. The Hall–Kier alpha value is -2.77. The van der Waals surface area contributed by atoms with Crippen molar-refractivity contribution in [2.45, 2.75) is 6.10 Å². The van der Waals surface area contributed by atoms with E-state index in [0.29, 0.717) is 36.1 Å². The molecule has 0 bridgehead atoms. The first-order chi connectivity index (χ1) is 12.8. The van der Waals surface area contributed by atoms with Crippen LogP contribution in [0.4, 0.5) is 10.5 Å². The van der Waals surface area contributed by atoms with Crippen molar-refractivity contribution in [1.82, 2.24) is 10.6 Å². The van der Waals surface area contributed by atoms with Crippen molar-refractivity contribution in [3.8, 4) is 17.2 Å². The predicted octanol–water partition coefficient (Wildman–Crippen LogP) is 2.60. The Morgan fingerprint density at radius 1 is 1.15 bits per heavy atom. The highest BCUT2D eigenvalue weighted by molar-refractivity contribution is 5.91. The topological polar surface area (TPSA) is 80.9 Å². The molecule has 0 spiro atoms. The van der Waals surface area contributed by atoms with Crippen LogP contribution < -0.4 is 25.4 Å². The fourth-order valence-electron chi connectivity index (χ4n) is 2.60. The second-order valence-electron chi connectivity index (χ2n) is 5.78. The second kappa shape index (κ2) is 9.07. The number of morpholine rings is 1. The van der Waals surface area contributed by atoms with Crippen molar-refractivity contribution in [1.29, 1.82) is 0 Å². The van der Waals surface area contributed by atoms with Crippen LogP contribution >= 0.6 is 0 Å². The molecule has 2 amide bonds. The Bertz CT molecular complexity index is 732. The highest BCUT2D eigenvalue weighted by Crippen LogP contribution is 2.34. The Morgan fingerprint density at radius 3 is 2.62 bits per heavy atom. The number of hydrogen-bond acceptors (Lipinski definition) is 5. The van der Waals surface area contributed by atoms with Gasteiger partial charge in [-0.05, 0) is 24.3 Å². The Balaban J connectivity index is 1.62. The van der Waals surface area contributed by atoms with Gasteiger partial charge < -0.3 is 30.2 Å². The van der Waals surface area contributed by atoms with Gasteiger partial charge >= 0.3 is 6.03 Å². The monoisotopic (exact) mass is 357 g/mol. The third-order valence-corrected chi connectivity index (χ3v) is 3.92. The van der Waals surface area contributed by atoms with E-state index in [2.05, 4.69) is 16.0 Å². The molecular weight excluding hydrogens is 334 g/mol. The summed E-state index contributed by atoms with van der Waals surface area (Å²) in [5.41, 5.74) is 0.568. The van der Waals surface area contributed by atoms with Gasteiger partial charge in [-0.3, -0.25) is 0 Å². The van der Waals surface area contributed by atoms with Crippen LogP contribution in [0.1, 0.15) is 0 Å². The van der Waals surface area contributed by atoms with Gasteiger partial charge in [0.05, 0.1) is 25.5 Å². The van der Waals surface area contributed by atoms with Crippen LogP contribution in [0.25, 0.3) is 0 Å². The molecule has 1 heterocycles. The van der Waals surface area contributed by atoms with Gasteiger partial charge in [0.15, 0.2) is 17.2 Å². The first-order valence-electron chi connectivity index (χ1n) is 8.53. The van der Waals surface area contributed by atoms with Crippen LogP contribution in [-0.2, 0) is 4.74 Å². The first kappa shape index (κ1) is 18.0. The van der Waals surface area contributed by atoms with E-state index < -0.39 is 0 Å². The summed E-state index contributed by atoms with van der Waals surface area (Å²) in [4.78, 5) is 12.2. The lowest BCUT2D eigenvalue weighted by Crippen LogP contribution is -2.46. The molecule has 2 aromatic carbocycles. The highest BCUT2D eigenvalue weighted by Gasteiger charge is 2.15. The molecular formula is C19H23N3O4. The number of rotatable bonds is 6. The minimum absolute atomic E-state index is 0.0189. The fourth-order valence-corrected chi connectivity index (χ4v) is 2.60. The van der Waals surface area contributed by atoms with Crippen molar-refractivity contribution in [2.24, 2.45) is 0 Å². The number of benzene rings is 2. The maximum absolute atomic E-state index is 12.2. The molecule has 1 aliphatic heterocycles. The molecule has 26 heavy (non-hydrogen) atoms. The number of ether oxygens (including phenoxy) is 3. The van der Waals surface area contributed by atoms with Gasteiger partial charge in [-0.2, -0.15) is 0 Å². The third-order valence-electron chi connectivity index (χ3n) is 3.92. The Kier molecular flexibility index (Phi) is 6.29. The first-order valence-corrected chi connectivity index (χ1v) is 8.53. The summed E-state index contributed by atoms with van der Waals surface area (Å²) in [6.45, 7) is 2.67. The van der Waals surface area contributed by atoms with Crippen molar-refractivity contribution in [2.75, 3.05) is 38.7 Å². The number of anilines is 1. The van der Waals surface area contributed by atoms with Gasteiger partial charge in [0, 0.05) is 19.6 Å². The normalized spacial score (nSPS) is 16.6. The lowest BCUT2D eigenvalue weighted by atomic mass is 10.2. The number of methoxy groups -OCH3 is 1. The maximum atomic E-state index is 12.2. The highest BCUT2D eigenvalue weighted by atomic mass is 16.5. The van der Waals surface area contributed by atoms with Gasteiger partial charge in [-0.15, -0.1) is 0 Å². The van der Waals surface area contributed by atoms with Gasteiger partial charge in [-0.1, -0.05) is 24.3 Å². The fraction of sp³-hybridized carbons (Fsp3) is 0.316. The van der Waals surface area contributed by atoms with E-state index in [-0.39, 0.29) is 12.1 Å². The standard InChI is InChI=1S/C19H23N3O4/c1-24-17-8-4-5-9-18(17)26-16-7-3-2-6-15(16)22-19(23)21-13-14-12-20-10-11-25-14/h2-9,14,20H,10-13H2,1H3,(H2,21,22,23). The number of nitrogens with one attached hydrogen (secondary N) is 3. The van der Waals surface area contributed by atoms with Crippen LogP contribution in [0.5, 0.6) is 17.2 Å². The van der Waals surface area contributed by atoms with E-state index >= 15 is 0 Å². The van der Waals surface area contributed by atoms with E-state index in [4.69, 9.17) is 14.2 Å². The van der Waals surface area contributed by atoms with E-state index in [1.54, 1.807) is 19.2 Å². The summed E-state index contributed by atoms with van der Waals surface area (Å²) in [7, 11) is 1.59. The quantitative estimate of drug-likeness (QED) is 0.740. The summed E-state index contributed by atoms with van der Waals surface area (Å²) >= 11 is 0. The molecule has 1 unspecified atom stereocenters. The molecule has 7 nitrogen and oxygen atoms in total. The summed E-state index contributed by atoms with van der Waals surface area (Å²) in [5.74, 6) is 1.72. The molecule has 1 atom stereocenters. The van der Waals surface area contributed by atoms with Crippen molar-refractivity contribution < 1.29 is 19.0 Å². The molecule has 1 saturated heterocycles. The average molecular weight is 357 g/mol. The van der Waals surface area contributed by atoms with Crippen LogP contribution in [0.3, 0.4) is 0 Å². The molecule has 3 N–H and O–H groups in total. The molecule has 1 fully saturated rings. The largest absolute Gasteiger partial charge is 0.493 e. The van der Waals surface area contributed by atoms with Crippen molar-refractivity contribution in [3.63, 3.8) is 0 Å². The zero-order chi connectivity index (χ0) is 18.2. The smallest absolute Gasteiger partial charge is 0.319 e. The van der Waals surface area contributed by atoms with E-state index in [1.807, 2.05) is 36.4 Å². The number of amides is 2. The molecule has 2 aromatic rings. The molecule has 0 radical (unpaired) electrons. The third kappa shape index (κ3) is 4.87. The molecule has 138 valence electrons. The second-order valence-corrected chi connectivity index (χ2v) is 5.78. The van der Waals surface area contributed by atoms with Gasteiger partial charge in [0.25, 0.3) is 0 Å². The molecule has 7 heteroatoms. The molecule has 3 rings (SSSR count). The number of hydrogen-bond donors (Lipinski definition) is 3. The maximum Gasteiger partial charge on any atom is 0.319 e. The summed E-state index contributed by atoms with van der Waals surface area (Å²) in [6, 6.07) is 14.3. The lowest BCUT2D eigenvalue weighted by Gasteiger charge is -2.23. The molecule has 1 aliphatic rings. The Morgan fingerprint density at radius 2 is 1.88 bits per heavy atom. The molecule has 0 aliphatic carbocycles. The predicted molar refractivity (Wildman–Crippen MR) is 99.1 cm³/mol. The van der Waals surface area contributed by atoms with Crippen molar-refractivity contribution in [3.05, 3.63) is 48.5 Å². The van der Waals surface area contributed by atoms with Gasteiger partial charge in [-0.25, -0.2) is 4.79 Å². The van der Waals surface area contributed by atoms with Crippen LogP contribution in [0.2, 0.25) is 0 Å². The summed E-state index contributed by atoms with van der Waals surface area (Å²) < 4.78 is 16.8. The van der Waals surface area contributed by atoms with Crippen LogP contribution in [0, 0.1) is 0 Å². The van der Waals surface area contributed by atoms with Gasteiger partial charge in [0.1, 0.15) is 0 Å². The number of para-hydroxylation sites is 4. The number of carbonyl (C=O) groups is 1. The van der Waals surface area contributed by atoms with Crippen molar-refractivity contribution >= 4 is 11.7 Å². The summed E-state index contributed by atoms with van der Waals surface area (Å²) in [6.07, 6.45) is -0.0189. The zero-order valence-corrected chi connectivity index (χ0v) is 14.7. The zero-order valence-electron chi connectivity index (χ0n) is 14.7. The molecule has 0 saturated carbocycles. The van der Waals surface area contributed by atoms with Crippen LogP contribution in [0.15, 0.2) is 48.5 Å². The SMILES string of the molecule is COc1ccccc1Oc1ccccc1NC(=O)NCC1CNCCO1. The number of carbonyl (C=O) groups excluding carboxylic acids is 1.